The molecule has 3 aromatic heterocycles. The molecule has 0 aliphatic carbocycles. The number of aryl methyl sites for hydroxylation is 2. The first kappa shape index (κ1) is 15.9. The lowest BCUT2D eigenvalue weighted by Gasteiger charge is -2.08. The zero-order chi connectivity index (χ0) is 17.3. The number of aromatic amines is 1. The van der Waals surface area contributed by atoms with Crippen LogP contribution in [0.1, 0.15) is 20.9 Å². The minimum Gasteiger partial charge on any atom is -0.451 e. The number of carbonyl (C=O) groups is 2. The summed E-state index contributed by atoms with van der Waals surface area (Å²) < 4.78 is 5.85. The van der Waals surface area contributed by atoms with Crippen LogP contribution in [0.15, 0.2) is 29.5 Å². The molecule has 3 rings (SSSR count). The lowest BCUT2D eigenvalue weighted by Crippen LogP contribution is -2.35. The Labute approximate surface area is 140 Å². The minimum atomic E-state index is -0.652. The molecule has 0 unspecified atom stereocenters. The van der Waals surface area contributed by atoms with E-state index in [9.17, 15) is 14.4 Å². The zero-order valence-electron chi connectivity index (χ0n) is 13.0. The van der Waals surface area contributed by atoms with Gasteiger partial charge in [0.05, 0.1) is 5.39 Å². The van der Waals surface area contributed by atoms with E-state index in [4.69, 9.17) is 4.74 Å². The fraction of sp³-hybridized carbons (Fsp3) is 0.200. The second-order valence-corrected chi connectivity index (χ2v) is 6.28. The number of esters is 1. The molecular formula is C15H14N4O4S. The van der Waals surface area contributed by atoms with Crippen LogP contribution in [-0.2, 0) is 9.53 Å². The Balaban J connectivity index is 1.72. The van der Waals surface area contributed by atoms with Gasteiger partial charge in [0, 0.05) is 11.1 Å². The van der Waals surface area contributed by atoms with Crippen molar-refractivity contribution in [3.63, 3.8) is 0 Å². The van der Waals surface area contributed by atoms with Crippen molar-refractivity contribution in [2.45, 2.75) is 13.8 Å². The summed E-state index contributed by atoms with van der Waals surface area (Å²) in [5.41, 5.74) is 3.07. The molecule has 3 heterocycles. The fourth-order valence-corrected chi connectivity index (χ4v) is 3.13. The molecule has 9 heteroatoms. The third-order valence-corrected chi connectivity index (χ3v) is 4.60. The number of nitrogens with zero attached hydrogens (tertiary/aromatic N) is 2. The van der Waals surface area contributed by atoms with Crippen molar-refractivity contribution in [1.82, 2.24) is 14.6 Å². The van der Waals surface area contributed by atoms with Crippen LogP contribution >= 0.6 is 11.3 Å². The number of fused-ring (bicyclic) bond motifs is 1. The quantitative estimate of drug-likeness (QED) is 0.693. The van der Waals surface area contributed by atoms with Crippen LogP contribution in [-0.4, -0.2) is 33.1 Å². The summed E-state index contributed by atoms with van der Waals surface area (Å²) in [6.07, 6.45) is 2.81. The molecule has 1 amide bonds. The van der Waals surface area contributed by atoms with Crippen molar-refractivity contribution in [2.75, 3.05) is 12.0 Å². The fourth-order valence-electron chi connectivity index (χ4n) is 2.15. The van der Waals surface area contributed by atoms with Crippen LogP contribution in [0, 0.1) is 13.8 Å². The topological polar surface area (TPSA) is 106 Å². The standard InChI is InChI=1S/C15H14N4O4S/c1-8-9(2)24-13-12(8)14(21)19(7-17-13)18-11(20)6-23-15(22)10-4-3-5-16-10/h3-5,7,16H,6H2,1-2H3,(H,18,20). The van der Waals surface area contributed by atoms with E-state index in [0.29, 0.717) is 10.2 Å². The molecule has 0 aromatic carbocycles. The number of hydrogen-bond donors (Lipinski definition) is 2. The Bertz CT molecular complexity index is 971. The van der Waals surface area contributed by atoms with Crippen molar-refractivity contribution in [2.24, 2.45) is 0 Å². The van der Waals surface area contributed by atoms with Crippen molar-refractivity contribution in [3.05, 3.63) is 51.1 Å². The van der Waals surface area contributed by atoms with Gasteiger partial charge in [-0.3, -0.25) is 15.0 Å². The van der Waals surface area contributed by atoms with Gasteiger partial charge in [-0.25, -0.2) is 14.5 Å². The SMILES string of the molecule is Cc1sc2ncn(NC(=O)COC(=O)c3ccc[nH]3)c(=O)c2c1C. The number of ether oxygens (including phenoxy) is 1. The van der Waals surface area contributed by atoms with Gasteiger partial charge in [-0.05, 0) is 31.5 Å². The lowest BCUT2D eigenvalue weighted by molar-refractivity contribution is -0.120. The average Bonchev–Trinajstić information content (AvgIpc) is 3.18. The van der Waals surface area contributed by atoms with E-state index in [0.717, 1.165) is 15.1 Å². The maximum absolute atomic E-state index is 12.4. The van der Waals surface area contributed by atoms with E-state index >= 15 is 0 Å². The summed E-state index contributed by atoms with van der Waals surface area (Å²) in [5.74, 6) is -1.29. The number of nitrogens with one attached hydrogen (secondary N) is 2. The predicted molar refractivity (Wildman–Crippen MR) is 88.8 cm³/mol. The van der Waals surface area contributed by atoms with Gasteiger partial charge in [0.25, 0.3) is 11.5 Å². The molecule has 0 radical (unpaired) electrons. The summed E-state index contributed by atoms with van der Waals surface area (Å²) in [7, 11) is 0. The first-order valence-electron chi connectivity index (χ1n) is 7.05. The third kappa shape index (κ3) is 2.93. The average molecular weight is 346 g/mol. The van der Waals surface area contributed by atoms with Crippen LogP contribution in [0.3, 0.4) is 0 Å². The van der Waals surface area contributed by atoms with E-state index in [1.54, 1.807) is 12.3 Å². The van der Waals surface area contributed by atoms with Gasteiger partial charge < -0.3 is 9.72 Å². The number of carbonyl (C=O) groups excluding carboxylic acids is 2. The van der Waals surface area contributed by atoms with Gasteiger partial charge in [0.1, 0.15) is 16.9 Å². The predicted octanol–water partition coefficient (Wildman–Crippen LogP) is 1.33. The van der Waals surface area contributed by atoms with E-state index < -0.39 is 18.5 Å². The van der Waals surface area contributed by atoms with Crippen molar-refractivity contribution in [3.8, 4) is 0 Å². The first-order valence-corrected chi connectivity index (χ1v) is 7.86. The van der Waals surface area contributed by atoms with Gasteiger partial charge in [0.15, 0.2) is 6.61 Å². The number of hydrogen-bond acceptors (Lipinski definition) is 6. The largest absolute Gasteiger partial charge is 0.451 e. The van der Waals surface area contributed by atoms with E-state index in [1.807, 2.05) is 13.8 Å². The molecule has 8 nitrogen and oxygen atoms in total. The maximum Gasteiger partial charge on any atom is 0.355 e. The van der Waals surface area contributed by atoms with Gasteiger partial charge in [-0.15, -0.1) is 11.3 Å². The molecule has 24 heavy (non-hydrogen) atoms. The maximum atomic E-state index is 12.4. The van der Waals surface area contributed by atoms with E-state index in [-0.39, 0.29) is 11.3 Å². The zero-order valence-corrected chi connectivity index (χ0v) is 13.8. The summed E-state index contributed by atoms with van der Waals surface area (Å²) in [4.78, 5) is 44.4. The highest BCUT2D eigenvalue weighted by Gasteiger charge is 2.14. The van der Waals surface area contributed by atoms with E-state index in [1.165, 1.54) is 23.7 Å². The molecule has 124 valence electrons. The van der Waals surface area contributed by atoms with Crippen molar-refractivity contribution in [1.29, 1.82) is 0 Å². The smallest absolute Gasteiger partial charge is 0.355 e. The number of H-pyrrole nitrogens is 1. The van der Waals surface area contributed by atoms with E-state index in [2.05, 4.69) is 15.4 Å². The molecule has 0 aliphatic heterocycles. The van der Waals surface area contributed by atoms with Gasteiger partial charge in [-0.2, -0.15) is 0 Å². The van der Waals surface area contributed by atoms with Gasteiger partial charge in [0.2, 0.25) is 0 Å². The Hall–Kier alpha value is -2.94. The summed E-state index contributed by atoms with van der Waals surface area (Å²) in [5, 5.41) is 0.476. The molecule has 0 bridgehead atoms. The van der Waals surface area contributed by atoms with Crippen molar-refractivity contribution >= 4 is 33.4 Å². The van der Waals surface area contributed by atoms with Crippen LogP contribution in [0.4, 0.5) is 0 Å². The van der Waals surface area contributed by atoms with Crippen molar-refractivity contribution < 1.29 is 14.3 Å². The molecule has 0 saturated carbocycles. The van der Waals surface area contributed by atoms with Gasteiger partial charge >= 0.3 is 5.97 Å². The Kier molecular flexibility index (Phi) is 4.17. The number of amides is 1. The lowest BCUT2D eigenvalue weighted by atomic mass is 10.2. The Morgan fingerprint density at radius 1 is 1.42 bits per heavy atom. The monoisotopic (exact) mass is 346 g/mol. The highest BCUT2D eigenvalue weighted by molar-refractivity contribution is 7.18. The minimum absolute atomic E-state index is 0.243. The molecular weight excluding hydrogens is 332 g/mol. The van der Waals surface area contributed by atoms with Crippen LogP contribution in [0.25, 0.3) is 10.2 Å². The molecule has 0 atom stereocenters. The second-order valence-electron chi connectivity index (χ2n) is 5.08. The highest BCUT2D eigenvalue weighted by atomic mass is 32.1. The Morgan fingerprint density at radius 3 is 2.92 bits per heavy atom. The molecule has 0 fully saturated rings. The summed E-state index contributed by atoms with van der Waals surface area (Å²) in [6, 6.07) is 3.17. The Morgan fingerprint density at radius 2 is 2.21 bits per heavy atom. The van der Waals surface area contributed by atoms with Crippen LogP contribution in [0.2, 0.25) is 0 Å². The number of rotatable bonds is 4. The second kappa shape index (κ2) is 6.28. The number of thiophene rings is 1. The normalized spacial score (nSPS) is 10.8. The highest BCUT2D eigenvalue weighted by Crippen LogP contribution is 2.25. The molecule has 0 aliphatic rings. The summed E-state index contributed by atoms with van der Waals surface area (Å²) >= 11 is 1.42. The number of aromatic nitrogens is 3. The van der Waals surface area contributed by atoms with Crippen LogP contribution < -0.4 is 11.0 Å². The van der Waals surface area contributed by atoms with Crippen LogP contribution in [0.5, 0.6) is 0 Å². The van der Waals surface area contributed by atoms with Gasteiger partial charge in [-0.1, -0.05) is 0 Å². The summed E-state index contributed by atoms with van der Waals surface area (Å²) in [6.45, 7) is 3.23. The first-order chi connectivity index (χ1) is 11.5. The molecule has 0 spiro atoms. The molecule has 2 N–H and O–H groups in total. The third-order valence-electron chi connectivity index (χ3n) is 3.49. The molecule has 0 saturated heterocycles. The molecule has 3 aromatic rings.